The lowest BCUT2D eigenvalue weighted by atomic mass is 9.94. The number of carboxylic acid groups (broad SMARTS) is 1. The summed E-state index contributed by atoms with van der Waals surface area (Å²) in [5.74, 6) is 0.762. The second kappa shape index (κ2) is 6.27. The Morgan fingerprint density at radius 3 is 2.81 bits per heavy atom. The summed E-state index contributed by atoms with van der Waals surface area (Å²) >= 11 is 0. The van der Waals surface area contributed by atoms with Crippen LogP contribution in [-0.4, -0.2) is 28.0 Å². The molecule has 1 aliphatic rings. The van der Waals surface area contributed by atoms with Gasteiger partial charge in [-0.05, 0) is 37.3 Å². The number of primary amides is 1. The van der Waals surface area contributed by atoms with Gasteiger partial charge in [-0.15, -0.1) is 12.3 Å². The Morgan fingerprint density at radius 2 is 2.19 bits per heavy atom. The number of carbonyl (C=O) groups excluding carboxylic acids is 1. The van der Waals surface area contributed by atoms with Gasteiger partial charge in [-0.1, -0.05) is 0 Å². The van der Waals surface area contributed by atoms with E-state index in [1.54, 1.807) is 6.07 Å². The quantitative estimate of drug-likeness (QED) is 0.699. The first-order chi connectivity index (χ1) is 10.0. The predicted molar refractivity (Wildman–Crippen MR) is 77.9 cm³/mol. The highest BCUT2D eigenvalue weighted by Gasteiger charge is 2.22. The first-order valence-electron chi connectivity index (χ1n) is 6.78. The average molecular weight is 287 g/mol. The van der Waals surface area contributed by atoms with Gasteiger partial charge in [0.1, 0.15) is 11.9 Å². The molecule has 0 saturated carbocycles. The minimum atomic E-state index is -1.09. The fourth-order valence-electron chi connectivity index (χ4n) is 2.41. The van der Waals surface area contributed by atoms with Crippen LogP contribution in [0.5, 0.6) is 0 Å². The molecule has 0 spiro atoms. The molecule has 21 heavy (non-hydrogen) atoms. The van der Waals surface area contributed by atoms with Crippen LogP contribution < -0.4 is 11.1 Å². The van der Waals surface area contributed by atoms with Gasteiger partial charge >= 0.3 is 5.97 Å². The first-order valence-corrected chi connectivity index (χ1v) is 6.78. The van der Waals surface area contributed by atoms with Gasteiger partial charge in [0.15, 0.2) is 0 Å². The minimum absolute atomic E-state index is 0.00764. The van der Waals surface area contributed by atoms with Gasteiger partial charge in [0.05, 0.1) is 5.56 Å². The molecule has 1 atom stereocenters. The summed E-state index contributed by atoms with van der Waals surface area (Å²) in [6.07, 6.45) is 8.91. The van der Waals surface area contributed by atoms with Crippen molar-refractivity contribution in [1.29, 1.82) is 0 Å². The van der Waals surface area contributed by atoms with Crippen LogP contribution in [0.25, 0.3) is 0 Å². The Hall–Kier alpha value is -2.55. The van der Waals surface area contributed by atoms with Gasteiger partial charge in [0, 0.05) is 12.1 Å². The van der Waals surface area contributed by atoms with Crippen molar-refractivity contribution in [2.75, 3.05) is 5.32 Å². The van der Waals surface area contributed by atoms with Crippen LogP contribution in [0, 0.1) is 12.3 Å². The number of nitrogens with two attached hydrogens (primary N) is 1. The molecule has 0 bridgehead atoms. The summed E-state index contributed by atoms with van der Waals surface area (Å²) in [6, 6.07) is 0.711. The number of aliphatic carboxylic acids is 1. The molecule has 6 heteroatoms. The summed E-state index contributed by atoms with van der Waals surface area (Å²) < 4.78 is 0. The van der Waals surface area contributed by atoms with Crippen LogP contribution in [0.4, 0.5) is 5.82 Å². The number of fused-ring (bicyclic) bond motifs is 1. The minimum Gasteiger partial charge on any atom is -0.480 e. The number of aryl methyl sites for hydroxylation is 2. The number of rotatable bonds is 5. The van der Waals surface area contributed by atoms with Crippen molar-refractivity contribution in [1.82, 2.24) is 4.98 Å². The topological polar surface area (TPSA) is 105 Å². The van der Waals surface area contributed by atoms with Crippen molar-refractivity contribution in [3.8, 4) is 12.3 Å². The Labute approximate surface area is 122 Å². The number of hydrogen-bond donors (Lipinski definition) is 3. The van der Waals surface area contributed by atoms with E-state index in [4.69, 9.17) is 17.3 Å². The van der Waals surface area contributed by atoms with Crippen molar-refractivity contribution in [3.05, 3.63) is 22.9 Å². The monoisotopic (exact) mass is 287 g/mol. The van der Waals surface area contributed by atoms with Crippen molar-refractivity contribution in [2.24, 2.45) is 5.73 Å². The first kappa shape index (κ1) is 14.9. The van der Waals surface area contributed by atoms with Crippen molar-refractivity contribution in [3.63, 3.8) is 0 Å². The van der Waals surface area contributed by atoms with E-state index in [-0.39, 0.29) is 17.8 Å². The zero-order valence-corrected chi connectivity index (χ0v) is 11.6. The number of terminal acetylenes is 1. The number of pyridine rings is 1. The molecular formula is C15H17N3O3. The number of nitrogens with one attached hydrogen (secondary N) is 1. The molecule has 2 rings (SSSR count). The Morgan fingerprint density at radius 1 is 1.48 bits per heavy atom. The Balaban J connectivity index is 2.39. The number of hydrogen-bond acceptors (Lipinski definition) is 4. The molecule has 0 saturated heterocycles. The summed E-state index contributed by atoms with van der Waals surface area (Å²) in [5.41, 5.74) is 7.47. The zero-order valence-electron chi connectivity index (χ0n) is 11.6. The lowest BCUT2D eigenvalue weighted by Gasteiger charge is -2.20. The van der Waals surface area contributed by atoms with Gasteiger partial charge in [0.25, 0.3) is 5.91 Å². The third kappa shape index (κ3) is 3.31. The van der Waals surface area contributed by atoms with E-state index in [0.29, 0.717) is 0 Å². The standard InChI is InChI=1S/C15H17N3O3/c1-2-5-12(15(20)21)18-14-10(13(16)19)8-9-6-3-4-7-11(9)17-14/h1,8,12H,3-7H2,(H2,16,19)(H,17,18)(H,20,21). The van der Waals surface area contributed by atoms with Crippen molar-refractivity contribution >= 4 is 17.7 Å². The molecule has 110 valence electrons. The Bertz CT molecular complexity index is 619. The second-order valence-electron chi connectivity index (χ2n) is 5.01. The number of carbonyl (C=O) groups is 2. The highest BCUT2D eigenvalue weighted by Crippen LogP contribution is 2.25. The molecule has 1 aromatic heterocycles. The molecule has 6 nitrogen and oxygen atoms in total. The van der Waals surface area contributed by atoms with Crippen LogP contribution in [0.15, 0.2) is 6.07 Å². The lowest BCUT2D eigenvalue weighted by molar-refractivity contribution is -0.137. The molecule has 1 amide bonds. The van der Waals surface area contributed by atoms with Crippen LogP contribution >= 0.6 is 0 Å². The summed E-state index contributed by atoms with van der Waals surface area (Å²) in [4.78, 5) is 27.1. The van der Waals surface area contributed by atoms with E-state index >= 15 is 0 Å². The molecule has 0 fully saturated rings. The lowest BCUT2D eigenvalue weighted by Crippen LogP contribution is -2.31. The van der Waals surface area contributed by atoms with Crippen LogP contribution in [-0.2, 0) is 17.6 Å². The Kier molecular flexibility index (Phi) is 4.43. The molecule has 0 aliphatic heterocycles. The molecule has 0 aromatic carbocycles. The second-order valence-corrected chi connectivity index (χ2v) is 5.01. The van der Waals surface area contributed by atoms with E-state index in [0.717, 1.165) is 36.9 Å². The summed E-state index contributed by atoms with van der Waals surface area (Å²) in [5, 5.41) is 11.9. The van der Waals surface area contributed by atoms with E-state index in [2.05, 4.69) is 16.2 Å². The molecule has 1 unspecified atom stereocenters. The highest BCUT2D eigenvalue weighted by molar-refractivity contribution is 5.98. The normalized spacial score (nSPS) is 14.6. The maximum absolute atomic E-state index is 11.6. The predicted octanol–water partition coefficient (Wildman–Crippen LogP) is 0.948. The third-order valence-corrected chi connectivity index (χ3v) is 3.50. The zero-order chi connectivity index (χ0) is 15.4. The number of amides is 1. The smallest absolute Gasteiger partial charge is 0.327 e. The summed E-state index contributed by atoms with van der Waals surface area (Å²) in [7, 11) is 0. The van der Waals surface area contributed by atoms with Gasteiger partial charge < -0.3 is 16.2 Å². The fourth-order valence-corrected chi connectivity index (χ4v) is 2.41. The molecule has 1 aliphatic carbocycles. The third-order valence-electron chi connectivity index (χ3n) is 3.50. The van der Waals surface area contributed by atoms with E-state index < -0.39 is 17.9 Å². The number of carboxylic acids is 1. The number of nitrogens with zero attached hydrogens (tertiary/aromatic N) is 1. The maximum atomic E-state index is 11.6. The fraction of sp³-hybridized carbons (Fsp3) is 0.400. The molecular weight excluding hydrogens is 270 g/mol. The van der Waals surface area contributed by atoms with E-state index in [1.807, 2.05) is 0 Å². The van der Waals surface area contributed by atoms with E-state index in [9.17, 15) is 9.59 Å². The number of anilines is 1. The molecule has 1 heterocycles. The molecule has 1 aromatic rings. The number of aromatic nitrogens is 1. The largest absolute Gasteiger partial charge is 0.480 e. The highest BCUT2D eigenvalue weighted by atomic mass is 16.4. The van der Waals surface area contributed by atoms with Gasteiger partial charge in [-0.2, -0.15) is 0 Å². The van der Waals surface area contributed by atoms with Crippen LogP contribution in [0.3, 0.4) is 0 Å². The van der Waals surface area contributed by atoms with Crippen LogP contribution in [0.2, 0.25) is 0 Å². The maximum Gasteiger partial charge on any atom is 0.327 e. The van der Waals surface area contributed by atoms with E-state index in [1.165, 1.54) is 0 Å². The van der Waals surface area contributed by atoms with Gasteiger partial charge in [0.2, 0.25) is 0 Å². The summed E-state index contributed by atoms with van der Waals surface area (Å²) in [6.45, 7) is 0. The van der Waals surface area contributed by atoms with Crippen LogP contribution in [0.1, 0.15) is 40.9 Å². The average Bonchev–Trinajstić information content (AvgIpc) is 2.45. The van der Waals surface area contributed by atoms with Crippen molar-refractivity contribution < 1.29 is 14.7 Å². The van der Waals surface area contributed by atoms with Crippen molar-refractivity contribution in [2.45, 2.75) is 38.1 Å². The van der Waals surface area contributed by atoms with Gasteiger partial charge in [-0.3, -0.25) is 4.79 Å². The molecule has 4 N–H and O–H groups in total. The SMILES string of the molecule is C#CCC(Nc1nc2c(cc1C(N)=O)CCCC2)C(=O)O. The molecule has 0 radical (unpaired) electrons. The van der Waals surface area contributed by atoms with Gasteiger partial charge in [-0.25, -0.2) is 9.78 Å².